The van der Waals surface area contributed by atoms with Crippen molar-refractivity contribution in [2.45, 2.75) is 50.8 Å². The highest BCUT2D eigenvalue weighted by molar-refractivity contribution is 8.14. The van der Waals surface area contributed by atoms with Crippen LogP contribution in [0.3, 0.4) is 0 Å². The van der Waals surface area contributed by atoms with Gasteiger partial charge >= 0.3 is 0 Å². The molecule has 1 saturated carbocycles. The standard InChI is InChI=1S/C16H21N5OS/c1-9-12(8-20(3)18-9)14-13-15(17-10(2)23-14)21(19-16(13)22)11-6-4-5-7-11/h8,11,14H,4-7H2,1-3H3,(H,19,22)/t14-/m1/s1. The maximum absolute atomic E-state index is 12.7. The molecule has 1 atom stereocenters. The Kier molecular flexibility index (Phi) is 3.48. The van der Waals surface area contributed by atoms with Crippen molar-refractivity contribution in [3.8, 4) is 0 Å². The van der Waals surface area contributed by atoms with E-state index < -0.39 is 0 Å². The molecule has 0 bridgehead atoms. The zero-order valence-corrected chi connectivity index (χ0v) is 14.5. The molecule has 2 aromatic rings. The minimum Gasteiger partial charge on any atom is -0.275 e. The van der Waals surface area contributed by atoms with Crippen molar-refractivity contribution in [1.29, 1.82) is 0 Å². The first kappa shape index (κ1) is 14.8. The first-order valence-electron chi connectivity index (χ1n) is 8.11. The van der Waals surface area contributed by atoms with E-state index in [0.717, 1.165) is 40.5 Å². The lowest BCUT2D eigenvalue weighted by Gasteiger charge is -2.21. The van der Waals surface area contributed by atoms with Crippen LogP contribution in [-0.2, 0) is 7.05 Å². The summed E-state index contributed by atoms with van der Waals surface area (Å²) in [5.41, 5.74) is 2.84. The van der Waals surface area contributed by atoms with Gasteiger partial charge < -0.3 is 0 Å². The molecular formula is C16H21N5OS. The first-order valence-corrected chi connectivity index (χ1v) is 8.99. The van der Waals surface area contributed by atoms with E-state index in [9.17, 15) is 4.79 Å². The smallest absolute Gasteiger partial charge is 0.271 e. The fourth-order valence-corrected chi connectivity index (χ4v) is 4.90. The molecule has 3 heterocycles. The lowest BCUT2D eigenvalue weighted by molar-refractivity contribution is 0.468. The Morgan fingerprint density at radius 3 is 2.70 bits per heavy atom. The minimum absolute atomic E-state index is 0.0103. The number of fused-ring (bicyclic) bond motifs is 1. The molecule has 0 saturated heterocycles. The molecule has 0 radical (unpaired) electrons. The summed E-state index contributed by atoms with van der Waals surface area (Å²) in [6.07, 6.45) is 6.71. The third kappa shape index (κ3) is 2.38. The molecule has 0 aromatic carbocycles. The van der Waals surface area contributed by atoms with Gasteiger partial charge in [0.15, 0.2) is 5.82 Å². The summed E-state index contributed by atoms with van der Waals surface area (Å²) in [4.78, 5) is 17.4. The predicted molar refractivity (Wildman–Crippen MR) is 92.7 cm³/mol. The highest BCUT2D eigenvalue weighted by Crippen LogP contribution is 2.45. The van der Waals surface area contributed by atoms with Crippen LogP contribution in [0.25, 0.3) is 0 Å². The molecule has 0 spiro atoms. The second-order valence-corrected chi connectivity index (χ2v) is 7.76. The van der Waals surface area contributed by atoms with E-state index in [1.54, 1.807) is 11.8 Å². The van der Waals surface area contributed by atoms with E-state index in [1.807, 2.05) is 36.5 Å². The van der Waals surface area contributed by atoms with E-state index in [1.165, 1.54) is 12.8 Å². The molecule has 1 fully saturated rings. The molecule has 6 nitrogen and oxygen atoms in total. The Labute approximate surface area is 139 Å². The number of aromatic nitrogens is 4. The van der Waals surface area contributed by atoms with Crippen molar-refractivity contribution in [2.24, 2.45) is 12.0 Å². The van der Waals surface area contributed by atoms with Crippen LogP contribution in [-0.4, -0.2) is 24.6 Å². The van der Waals surface area contributed by atoms with Crippen LogP contribution in [0.15, 0.2) is 16.0 Å². The van der Waals surface area contributed by atoms with Gasteiger partial charge in [0, 0.05) is 18.8 Å². The van der Waals surface area contributed by atoms with Crippen LogP contribution in [0.2, 0.25) is 0 Å². The molecule has 122 valence electrons. The van der Waals surface area contributed by atoms with E-state index in [0.29, 0.717) is 6.04 Å². The highest BCUT2D eigenvalue weighted by Gasteiger charge is 2.33. The minimum atomic E-state index is -0.0254. The topological polar surface area (TPSA) is 68.0 Å². The number of aliphatic imine (C=N–C) groups is 1. The molecule has 23 heavy (non-hydrogen) atoms. The van der Waals surface area contributed by atoms with Gasteiger partial charge in [0.1, 0.15) is 0 Å². The number of hydrogen-bond donors (Lipinski definition) is 1. The van der Waals surface area contributed by atoms with Gasteiger partial charge in [-0.3, -0.25) is 19.3 Å². The molecule has 1 aliphatic carbocycles. The van der Waals surface area contributed by atoms with Crippen LogP contribution in [0.4, 0.5) is 5.82 Å². The van der Waals surface area contributed by atoms with Crippen molar-refractivity contribution in [1.82, 2.24) is 19.6 Å². The Morgan fingerprint density at radius 1 is 1.30 bits per heavy atom. The van der Waals surface area contributed by atoms with Gasteiger partial charge in [-0.15, -0.1) is 0 Å². The third-order valence-electron chi connectivity index (χ3n) is 4.77. The van der Waals surface area contributed by atoms with Gasteiger partial charge in [0.2, 0.25) is 0 Å². The molecule has 4 rings (SSSR count). The summed E-state index contributed by atoms with van der Waals surface area (Å²) in [5, 5.41) is 8.47. The number of hydrogen-bond acceptors (Lipinski definition) is 4. The zero-order valence-electron chi connectivity index (χ0n) is 13.7. The Hall–Kier alpha value is -1.76. The van der Waals surface area contributed by atoms with Crippen molar-refractivity contribution in [3.63, 3.8) is 0 Å². The average Bonchev–Trinajstić information content (AvgIpc) is 3.18. The zero-order chi connectivity index (χ0) is 16.1. The number of nitrogens with one attached hydrogen (secondary N) is 1. The van der Waals surface area contributed by atoms with Gasteiger partial charge in [-0.05, 0) is 26.7 Å². The van der Waals surface area contributed by atoms with Crippen LogP contribution >= 0.6 is 11.8 Å². The maximum Gasteiger partial charge on any atom is 0.271 e. The Morgan fingerprint density at radius 2 is 2.04 bits per heavy atom. The van der Waals surface area contributed by atoms with Crippen LogP contribution in [0.5, 0.6) is 0 Å². The summed E-state index contributed by atoms with van der Waals surface area (Å²) >= 11 is 1.64. The van der Waals surface area contributed by atoms with Gasteiger partial charge in [0.25, 0.3) is 5.56 Å². The predicted octanol–water partition coefficient (Wildman–Crippen LogP) is 3.22. The molecule has 0 amide bonds. The molecule has 0 unspecified atom stereocenters. The van der Waals surface area contributed by atoms with Gasteiger partial charge in [-0.1, -0.05) is 24.6 Å². The van der Waals surface area contributed by atoms with Crippen molar-refractivity contribution >= 4 is 22.6 Å². The van der Waals surface area contributed by atoms with E-state index in [-0.39, 0.29) is 10.8 Å². The lowest BCUT2D eigenvalue weighted by atomic mass is 10.1. The molecule has 1 N–H and O–H groups in total. The largest absolute Gasteiger partial charge is 0.275 e. The number of nitrogens with zero attached hydrogens (tertiary/aromatic N) is 4. The second kappa shape index (κ2) is 5.40. The van der Waals surface area contributed by atoms with Crippen LogP contribution in [0, 0.1) is 6.92 Å². The first-order chi connectivity index (χ1) is 11.0. The van der Waals surface area contributed by atoms with Gasteiger partial charge in [-0.2, -0.15) is 5.10 Å². The Bertz CT molecular complexity index is 837. The summed E-state index contributed by atoms with van der Waals surface area (Å²) in [7, 11) is 1.92. The van der Waals surface area contributed by atoms with Crippen molar-refractivity contribution < 1.29 is 0 Å². The average molecular weight is 331 g/mol. The molecular weight excluding hydrogens is 310 g/mol. The van der Waals surface area contributed by atoms with E-state index in [4.69, 9.17) is 4.99 Å². The maximum atomic E-state index is 12.7. The number of aromatic amines is 1. The normalized spacial score (nSPS) is 21.5. The number of aryl methyl sites for hydroxylation is 2. The molecule has 2 aliphatic rings. The van der Waals surface area contributed by atoms with Crippen molar-refractivity contribution in [3.05, 3.63) is 33.4 Å². The third-order valence-corrected chi connectivity index (χ3v) is 5.93. The quantitative estimate of drug-likeness (QED) is 0.918. The van der Waals surface area contributed by atoms with Crippen LogP contribution in [0.1, 0.15) is 60.7 Å². The fourth-order valence-electron chi connectivity index (χ4n) is 3.73. The van der Waals surface area contributed by atoms with Gasteiger partial charge in [0.05, 0.1) is 27.6 Å². The van der Waals surface area contributed by atoms with Gasteiger partial charge in [-0.25, -0.2) is 4.99 Å². The molecule has 7 heteroatoms. The lowest BCUT2D eigenvalue weighted by Crippen LogP contribution is -2.13. The number of rotatable bonds is 2. The summed E-state index contributed by atoms with van der Waals surface area (Å²) in [6.45, 7) is 4.02. The molecule has 1 aliphatic heterocycles. The molecule has 2 aromatic heterocycles. The monoisotopic (exact) mass is 331 g/mol. The number of H-pyrrole nitrogens is 1. The summed E-state index contributed by atoms with van der Waals surface area (Å²) in [5.74, 6) is 0.825. The van der Waals surface area contributed by atoms with E-state index >= 15 is 0 Å². The highest BCUT2D eigenvalue weighted by atomic mass is 32.2. The number of thioether (sulfide) groups is 1. The SMILES string of the molecule is CC1=Nc2c(c(=O)[nH]n2C2CCCC2)[C@@H](c2cn(C)nc2C)S1. The second-order valence-electron chi connectivity index (χ2n) is 6.46. The fraction of sp³-hybridized carbons (Fsp3) is 0.562. The summed E-state index contributed by atoms with van der Waals surface area (Å²) < 4.78 is 3.83. The summed E-state index contributed by atoms with van der Waals surface area (Å²) in [6, 6.07) is 0.377. The van der Waals surface area contributed by atoms with E-state index in [2.05, 4.69) is 10.2 Å². The Balaban J connectivity index is 1.87. The van der Waals surface area contributed by atoms with Crippen molar-refractivity contribution in [2.75, 3.05) is 0 Å². The van der Waals surface area contributed by atoms with Crippen LogP contribution < -0.4 is 5.56 Å².